The van der Waals surface area contributed by atoms with Crippen molar-refractivity contribution in [3.05, 3.63) is 24.3 Å². The van der Waals surface area contributed by atoms with Gasteiger partial charge < -0.3 is 30.6 Å². The summed E-state index contributed by atoms with van der Waals surface area (Å²) in [6.07, 6.45) is 14.7. The first kappa shape index (κ1) is 32.5. The summed E-state index contributed by atoms with van der Waals surface area (Å²) in [6, 6.07) is 0.572. The molecule has 0 aliphatic heterocycles. The Morgan fingerprint density at radius 1 is 0.552 bits per heavy atom. The summed E-state index contributed by atoms with van der Waals surface area (Å²) in [4.78, 5) is 39.9. The van der Waals surface area contributed by atoms with Crippen molar-refractivity contribution in [2.75, 3.05) is 0 Å². The van der Waals surface area contributed by atoms with Gasteiger partial charge in [-0.2, -0.15) is 0 Å². The third-order valence-corrected chi connectivity index (χ3v) is 4.02. The first-order chi connectivity index (χ1) is 13.0. The summed E-state index contributed by atoms with van der Waals surface area (Å²) in [5, 5.41) is 0. The van der Waals surface area contributed by atoms with Crippen LogP contribution in [0.1, 0.15) is 91.9 Å². The molecule has 6 nitrogen and oxygen atoms in total. The van der Waals surface area contributed by atoms with Crippen molar-refractivity contribution in [1.29, 1.82) is 0 Å². The molecule has 2 N–H and O–H groups in total. The Kier molecular flexibility index (Phi) is 24.1. The number of carbonyl (C=O) groups is 4. The van der Waals surface area contributed by atoms with Crippen molar-refractivity contribution >= 4 is 23.1 Å². The van der Waals surface area contributed by atoms with E-state index < -0.39 is 0 Å². The number of Topliss-reactive ketones (excluding diaryl/α,β-unsaturated/α-hetero) is 4. The van der Waals surface area contributed by atoms with Crippen molar-refractivity contribution in [1.82, 2.24) is 0 Å². The Hall–Kier alpha value is -1.17. The number of ketones is 4. The van der Waals surface area contributed by atoms with Crippen LogP contribution in [-0.4, -0.2) is 35.2 Å². The van der Waals surface area contributed by atoms with Crippen LogP contribution in [0.3, 0.4) is 0 Å². The van der Waals surface area contributed by atoms with Crippen LogP contribution in [-0.2, 0) is 35.7 Å². The van der Waals surface area contributed by atoms with Crippen LogP contribution in [0.4, 0.5) is 0 Å². The van der Waals surface area contributed by atoms with Crippen LogP contribution >= 0.6 is 0 Å². The predicted molar refractivity (Wildman–Crippen MR) is 114 cm³/mol. The fourth-order valence-corrected chi connectivity index (χ4v) is 2.78. The molecule has 29 heavy (non-hydrogen) atoms. The molecule has 2 fully saturated rings. The van der Waals surface area contributed by atoms with E-state index in [-0.39, 0.29) is 51.7 Å². The maximum absolute atomic E-state index is 9.98. The van der Waals surface area contributed by atoms with Gasteiger partial charge in [-0.3, -0.25) is 12.8 Å². The van der Waals surface area contributed by atoms with Crippen molar-refractivity contribution in [2.45, 2.75) is 104 Å². The minimum absolute atomic E-state index is 0. The molecule has 0 amide bonds. The second kappa shape index (κ2) is 21.5. The molecule has 0 atom stereocenters. The molecule has 0 aromatic heterocycles. The maximum atomic E-state index is 9.98. The number of hydrogen-bond acceptors (Lipinski definition) is 4. The van der Waals surface area contributed by atoms with E-state index in [4.69, 9.17) is 11.5 Å². The molecule has 0 saturated heterocycles. The van der Waals surface area contributed by atoms with Crippen LogP contribution in [0.5, 0.6) is 0 Å². The predicted octanol–water partition coefficient (Wildman–Crippen LogP) is 5.48. The summed E-state index contributed by atoms with van der Waals surface area (Å²) in [5.41, 5.74) is 14.5. The third kappa shape index (κ3) is 31.7. The number of rotatable bonds is 4. The molecule has 0 bridgehead atoms. The standard InChI is InChI=1S/2C6H12N.2C5H7O2.Ni/c2*7-6-4-2-1-3-5-6;2*1-4(6)3-5(2)7;/h2*6-7H,1-5H2;2*3H,1-2H3;/q4*-1;+2. The Labute approximate surface area is 187 Å². The molecule has 2 aliphatic rings. The van der Waals surface area contributed by atoms with Crippen LogP contribution in [0.25, 0.3) is 11.5 Å². The second-order valence-electron chi connectivity index (χ2n) is 7.40. The molecule has 0 aromatic rings. The molecule has 2 rings (SSSR count). The molecular formula is C22H38N2NiO4-2. The van der Waals surface area contributed by atoms with E-state index in [0.29, 0.717) is 0 Å². The molecule has 0 aromatic carbocycles. The molecule has 172 valence electrons. The zero-order valence-corrected chi connectivity index (χ0v) is 19.3. The Morgan fingerprint density at radius 2 is 0.759 bits per heavy atom. The normalized spacial score (nSPS) is 15.9. The van der Waals surface area contributed by atoms with Gasteiger partial charge in [-0.25, -0.2) is 0 Å². The van der Waals surface area contributed by atoms with E-state index in [9.17, 15) is 19.2 Å². The average molecular weight is 453 g/mol. The molecular weight excluding hydrogens is 415 g/mol. The zero-order valence-electron chi connectivity index (χ0n) is 18.3. The Morgan fingerprint density at radius 3 is 0.828 bits per heavy atom. The van der Waals surface area contributed by atoms with E-state index in [1.54, 1.807) is 0 Å². The number of nitrogens with one attached hydrogen (secondary N) is 2. The minimum Gasteiger partial charge on any atom is -0.675 e. The van der Waals surface area contributed by atoms with Crippen LogP contribution in [0.2, 0.25) is 0 Å². The monoisotopic (exact) mass is 452 g/mol. The second-order valence-corrected chi connectivity index (χ2v) is 7.40. The van der Waals surface area contributed by atoms with Gasteiger partial charge in [-0.1, -0.05) is 64.2 Å². The van der Waals surface area contributed by atoms with E-state index in [2.05, 4.69) is 0 Å². The fourth-order valence-electron chi connectivity index (χ4n) is 2.78. The van der Waals surface area contributed by atoms with Crippen LogP contribution in [0, 0.1) is 12.8 Å². The Balaban J connectivity index is -0.000000307. The summed E-state index contributed by atoms with van der Waals surface area (Å²) in [7, 11) is 0. The summed E-state index contributed by atoms with van der Waals surface area (Å²) in [5.74, 6) is -0.750. The molecule has 2 saturated carbocycles. The van der Waals surface area contributed by atoms with Crippen LogP contribution in [0.15, 0.2) is 0 Å². The van der Waals surface area contributed by atoms with Crippen molar-refractivity contribution in [3.63, 3.8) is 0 Å². The van der Waals surface area contributed by atoms with Gasteiger partial charge in [0.05, 0.1) is 0 Å². The molecule has 0 heterocycles. The van der Waals surface area contributed by atoms with Crippen molar-refractivity contribution in [2.24, 2.45) is 0 Å². The zero-order chi connectivity index (χ0) is 21.9. The summed E-state index contributed by atoms with van der Waals surface area (Å²) < 4.78 is 0. The van der Waals surface area contributed by atoms with Gasteiger partial charge in [0.1, 0.15) is 0 Å². The summed E-state index contributed by atoms with van der Waals surface area (Å²) in [6.45, 7) is 5.39. The smallest absolute Gasteiger partial charge is 0.675 e. The van der Waals surface area contributed by atoms with Gasteiger partial charge in [0.2, 0.25) is 0 Å². The quantitative estimate of drug-likeness (QED) is 0.318. The molecule has 2 aliphatic carbocycles. The SMILES string of the molecule is CC(=O)[CH-]C(C)=O.CC(=O)[CH-]C(C)=O.[NH-]C1CCCCC1.[NH-]C1CCCCC1.[Ni+2]. The van der Waals surface area contributed by atoms with Crippen molar-refractivity contribution in [3.8, 4) is 0 Å². The number of hydrogen-bond donors (Lipinski definition) is 0. The van der Waals surface area contributed by atoms with Gasteiger partial charge in [0, 0.05) is 23.1 Å². The van der Waals surface area contributed by atoms with E-state index in [1.807, 2.05) is 0 Å². The minimum atomic E-state index is -0.187. The molecule has 0 radical (unpaired) electrons. The number of carbonyl (C=O) groups excluding carboxylic acids is 4. The maximum Gasteiger partial charge on any atom is 2.00 e. The fraction of sp³-hybridized carbons (Fsp3) is 0.727. The largest absolute Gasteiger partial charge is 2.00 e. The van der Waals surface area contributed by atoms with Gasteiger partial charge in [-0.15, -0.1) is 12.1 Å². The molecule has 0 spiro atoms. The Bertz CT molecular complexity index is 392. The first-order valence-electron chi connectivity index (χ1n) is 10.2. The first-order valence-corrected chi connectivity index (χ1v) is 10.2. The van der Waals surface area contributed by atoms with Gasteiger partial charge in [-0.05, 0) is 27.7 Å². The van der Waals surface area contributed by atoms with Crippen molar-refractivity contribution < 1.29 is 35.7 Å². The average Bonchev–Trinajstić information content (AvgIpc) is 2.55. The third-order valence-electron chi connectivity index (χ3n) is 4.02. The van der Waals surface area contributed by atoms with Gasteiger partial charge in [0.25, 0.3) is 0 Å². The van der Waals surface area contributed by atoms with Gasteiger partial charge in [0.15, 0.2) is 0 Å². The van der Waals surface area contributed by atoms with E-state index in [0.717, 1.165) is 38.5 Å². The topological polar surface area (TPSA) is 116 Å². The van der Waals surface area contributed by atoms with E-state index >= 15 is 0 Å². The molecule has 0 unspecified atom stereocenters. The summed E-state index contributed by atoms with van der Waals surface area (Å²) >= 11 is 0. The van der Waals surface area contributed by atoms with Gasteiger partial charge >= 0.3 is 16.5 Å². The molecule has 7 heteroatoms. The van der Waals surface area contributed by atoms with E-state index in [1.165, 1.54) is 66.2 Å². The van der Waals surface area contributed by atoms with Crippen LogP contribution < -0.4 is 0 Å².